The van der Waals surface area contributed by atoms with Gasteiger partial charge in [-0.05, 0) is 36.8 Å². The predicted octanol–water partition coefficient (Wildman–Crippen LogP) is 0.788. The topological polar surface area (TPSA) is 52.6 Å². The molecule has 0 aliphatic carbocycles. The summed E-state index contributed by atoms with van der Waals surface area (Å²) in [5.41, 5.74) is 1.45. The Morgan fingerprint density at radius 2 is 2.31 bits per heavy atom. The highest BCUT2D eigenvalue weighted by Crippen LogP contribution is 2.20. The van der Waals surface area contributed by atoms with E-state index in [0.717, 1.165) is 5.56 Å². The lowest BCUT2D eigenvalue weighted by atomic mass is 10.2. The van der Waals surface area contributed by atoms with Crippen molar-refractivity contribution in [3.05, 3.63) is 29.8 Å². The van der Waals surface area contributed by atoms with Crippen molar-refractivity contribution >= 4 is 28.9 Å². The number of carbonyl (C=O) groups is 1. The van der Waals surface area contributed by atoms with E-state index in [1.807, 2.05) is 0 Å². The summed E-state index contributed by atoms with van der Waals surface area (Å²) in [6.45, 7) is 1.72. The van der Waals surface area contributed by atoms with Crippen molar-refractivity contribution in [1.82, 2.24) is 5.32 Å². The van der Waals surface area contributed by atoms with Gasteiger partial charge in [-0.15, -0.1) is 0 Å². The second-order valence-corrected chi connectivity index (χ2v) is 4.06. The van der Waals surface area contributed by atoms with Crippen molar-refractivity contribution in [2.75, 3.05) is 4.90 Å². The Balaban J connectivity index is 2.36. The molecule has 1 saturated heterocycles. The maximum absolute atomic E-state index is 11.8. The van der Waals surface area contributed by atoms with Gasteiger partial charge in [-0.3, -0.25) is 9.69 Å². The van der Waals surface area contributed by atoms with Crippen LogP contribution in [0.4, 0.5) is 5.69 Å². The molecule has 0 saturated carbocycles. The highest BCUT2D eigenvalue weighted by atomic mass is 32.1. The van der Waals surface area contributed by atoms with Crippen molar-refractivity contribution in [3.8, 4) is 0 Å². The van der Waals surface area contributed by atoms with Crippen LogP contribution in [0.2, 0.25) is 0 Å². The van der Waals surface area contributed by atoms with E-state index in [1.54, 1.807) is 31.2 Å². The summed E-state index contributed by atoms with van der Waals surface area (Å²) in [5.74, 6) is -0.0694. The maximum Gasteiger partial charge on any atom is 0.255 e. The minimum Gasteiger partial charge on any atom is -0.392 e. The van der Waals surface area contributed by atoms with Gasteiger partial charge in [0.1, 0.15) is 6.04 Å². The van der Waals surface area contributed by atoms with E-state index in [2.05, 4.69) is 5.32 Å². The number of carbonyl (C=O) groups excluding carboxylic acids is 1. The number of hydrogen-bond acceptors (Lipinski definition) is 3. The first kappa shape index (κ1) is 11.0. The molecule has 2 N–H and O–H groups in total. The molecule has 0 spiro atoms. The fourth-order valence-corrected chi connectivity index (χ4v) is 2.02. The molecule has 0 radical (unpaired) electrons. The molecular weight excluding hydrogens is 224 g/mol. The van der Waals surface area contributed by atoms with Crippen molar-refractivity contribution in [2.24, 2.45) is 0 Å². The standard InChI is InChI=1S/C11H12N2O2S/c1-7-10(15)13(11(16)12-7)9-4-2-3-8(5-9)6-14/h2-5,7,14H,6H2,1H3,(H,12,16)/t7-/m0/s1. The monoisotopic (exact) mass is 236 g/mol. The van der Waals surface area contributed by atoms with E-state index in [9.17, 15) is 4.79 Å². The molecule has 1 fully saturated rings. The number of aliphatic hydroxyl groups excluding tert-OH is 1. The van der Waals surface area contributed by atoms with Crippen LogP contribution in [0.1, 0.15) is 12.5 Å². The molecular formula is C11H12N2O2S. The molecule has 84 valence electrons. The van der Waals surface area contributed by atoms with Crippen LogP contribution in [0, 0.1) is 0 Å². The average molecular weight is 236 g/mol. The number of rotatable bonds is 2. The minimum atomic E-state index is -0.287. The summed E-state index contributed by atoms with van der Waals surface area (Å²) in [5, 5.41) is 12.3. The van der Waals surface area contributed by atoms with Gasteiger partial charge in [0.15, 0.2) is 5.11 Å². The fourth-order valence-electron chi connectivity index (χ4n) is 1.64. The maximum atomic E-state index is 11.8. The van der Waals surface area contributed by atoms with Crippen LogP contribution in [0.15, 0.2) is 24.3 Å². The summed E-state index contributed by atoms with van der Waals surface area (Å²) in [4.78, 5) is 13.3. The zero-order valence-electron chi connectivity index (χ0n) is 8.80. The smallest absolute Gasteiger partial charge is 0.255 e. The van der Waals surface area contributed by atoms with Crippen molar-refractivity contribution < 1.29 is 9.90 Å². The summed E-state index contributed by atoms with van der Waals surface area (Å²) in [6, 6.07) is 6.85. The van der Waals surface area contributed by atoms with Gasteiger partial charge in [-0.25, -0.2) is 0 Å². The summed E-state index contributed by atoms with van der Waals surface area (Å²) < 4.78 is 0. The number of anilines is 1. The Morgan fingerprint density at radius 3 is 2.88 bits per heavy atom. The zero-order chi connectivity index (χ0) is 11.7. The Kier molecular flexibility index (Phi) is 2.89. The molecule has 0 bridgehead atoms. The molecule has 1 atom stereocenters. The summed E-state index contributed by atoms with van der Waals surface area (Å²) >= 11 is 5.09. The molecule has 5 heteroatoms. The van der Waals surface area contributed by atoms with E-state index in [4.69, 9.17) is 17.3 Å². The second-order valence-electron chi connectivity index (χ2n) is 3.67. The van der Waals surface area contributed by atoms with E-state index < -0.39 is 0 Å². The fraction of sp³-hybridized carbons (Fsp3) is 0.273. The molecule has 0 unspecified atom stereocenters. The first-order chi connectivity index (χ1) is 7.63. The third-order valence-corrected chi connectivity index (χ3v) is 2.79. The highest BCUT2D eigenvalue weighted by molar-refractivity contribution is 7.80. The molecule has 0 aromatic heterocycles. The summed E-state index contributed by atoms with van der Waals surface area (Å²) in [6.07, 6.45) is 0. The number of benzene rings is 1. The van der Waals surface area contributed by atoms with Gasteiger partial charge in [0.2, 0.25) is 0 Å². The second kappa shape index (κ2) is 4.19. The van der Waals surface area contributed by atoms with Gasteiger partial charge in [-0.2, -0.15) is 0 Å². The Hall–Kier alpha value is -1.46. The zero-order valence-corrected chi connectivity index (χ0v) is 9.62. The van der Waals surface area contributed by atoms with Crippen molar-refractivity contribution in [2.45, 2.75) is 19.6 Å². The van der Waals surface area contributed by atoms with Crippen LogP contribution < -0.4 is 10.2 Å². The van der Waals surface area contributed by atoms with Crippen LogP contribution >= 0.6 is 12.2 Å². The van der Waals surface area contributed by atoms with Crippen molar-refractivity contribution in [3.63, 3.8) is 0 Å². The van der Waals surface area contributed by atoms with Crippen LogP contribution in [0.5, 0.6) is 0 Å². The van der Waals surface area contributed by atoms with E-state index in [0.29, 0.717) is 10.8 Å². The minimum absolute atomic E-state index is 0.0500. The van der Waals surface area contributed by atoms with E-state index in [-0.39, 0.29) is 18.6 Å². The van der Waals surface area contributed by atoms with Gasteiger partial charge >= 0.3 is 0 Å². The molecule has 1 aromatic rings. The quantitative estimate of drug-likeness (QED) is 0.745. The van der Waals surface area contributed by atoms with Gasteiger partial charge in [0.25, 0.3) is 5.91 Å². The van der Waals surface area contributed by atoms with Crippen LogP contribution in [-0.2, 0) is 11.4 Å². The Morgan fingerprint density at radius 1 is 1.56 bits per heavy atom. The lowest BCUT2D eigenvalue weighted by Gasteiger charge is -2.15. The predicted molar refractivity (Wildman–Crippen MR) is 65.0 cm³/mol. The normalized spacial score (nSPS) is 20.1. The summed E-state index contributed by atoms with van der Waals surface area (Å²) in [7, 11) is 0. The first-order valence-corrected chi connectivity index (χ1v) is 5.38. The lowest BCUT2D eigenvalue weighted by molar-refractivity contribution is -0.117. The first-order valence-electron chi connectivity index (χ1n) is 4.97. The SMILES string of the molecule is C[C@@H]1NC(=S)N(c2cccc(CO)c2)C1=O. The van der Waals surface area contributed by atoms with Gasteiger partial charge in [0, 0.05) is 0 Å². The number of aliphatic hydroxyl groups is 1. The number of hydrogen-bond donors (Lipinski definition) is 2. The van der Waals surface area contributed by atoms with Crippen LogP contribution in [0.25, 0.3) is 0 Å². The molecule has 4 nitrogen and oxygen atoms in total. The number of amides is 1. The van der Waals surface area contributed by atoms with Crippen LogP contribution in [0.3, 0.4) is 0 Å². The Labute approximate surface area is 98.9 Å². The Bertz CT molecular complexity index is 447. The van der Waals surface area contributed by atoms with Crippen molar-refractivity contribution in [1.29, 1.82) is 0 Å². The average Bonchev–Trinajstić information content (AvgIpc) is 2.53. The molecule has 1 aliphatic heterocycles. The largest absolute Gasteiger partial charge is 0.392 e. The third-order valence-electron chi connectivity index (χ3n) is 2.49. The molecule has 1 aromatic carbocycles. The molecule has 16 heavy (non-hydrogen) atoms. The van der Waals surface area contributed by atoms with Gasteiger partial charge < -0.3 is 10.4 Å². The van der Waals surface area contributed by atoms with Crippen LogP contribution in [-0.4, -0.2) is 22.2 Å². The van der Waals surface area contributed by atoms with E-state index in [1.165, 1.54) is 4.90 Å². The van der Waals surface area contributed by atoms with E-state index >= 15 is 0 Å². The van der Waals surface area contributed by atoms with Gasteiger partial charge in [-0.1, -0.05) is 12.1 Å². The molecule has 1 heterocycles. The highest BCUT2D eigenvalue weighted by Gasteiger charge is 2.33. The molecule has 2 rings (SSSR count). The lowest BCUT2D eigenvalue weighted by Crippen LogP contribution is -2.30. The molecule has 1 amide bonds. The number of thiocarbonyl (C=S) groups is 1. The molecule has 1 aliphatic rings. The van der Waals surface area contributed by atoms with Gasteiger partial charge in [0.05, 0.1) is 12.3 Å². The third kappa shape index (κ3) is 1.79. The number of nitrogens with zero attached hydrogens (tertiary/aromatic N) is 1. The number of nitrogens with one attached hydrogen (secondary N) is 1.